The van der Waals surface area contributed by atoms with Crippen molar-refractivity contribution in [1.82, 2.24) is 9.97 Å². The van der Waals surface area contributed by atoms with Crippen molar-refractivity contribution in [3.63, 3.8) is 0 Å². The third-order valence-electron chi connectivity index (χ3n) is 3.73. The molecule has 0 radical (unpaired) electrons. The predicted octanol–water partition coefficient (Wildman–Crippen LogP) is 3.78. The van der Waals surface area contributed by atoms with Gasteiger partial charge in [-0.25, -0.2) is 4.98 Å². The van der Waals surface area contributed by atoms with Gasteiger partial charge in [0.15, 0.2) is 5.69 Å². The first-order valence-corrected chi connectivity index (χ1v) is 7.32. The molecule has 1 heterocycles. The molecule has 7 heteroatoms. The van der Waals surface area contributed by atoms with E-state index in [1.165, 1.54) is 6.42 Å². The molecule has 2 N–H and O–H groups in total. The minimum Gasteiger partial charge on any atom is -0.370 e. The average molecular weight is 302 g/mol. The van der Waals surface area contributed by atoms with Crippen molar-refractivity contribution < 1.29 is 13.2 Å². The number of nitrogens with zero attached hydrogens (tertiary/aromatic N) is 2. The second-order valence-electron chi connectivity index (χ2n) is 5.66. The standard InChI is InChI=1S/C14H21F3N4/c1-3-18-13-20-11(14(15,16)17)7-12(21-13)19-8-10-5-4-9(2)6-10/h7,9-10H,3-6,8H2,1-2H3,(H2,18,19,20,21). The van der Waals surface area contributed by atoms with Crippen molar-refractivity contribution in [3.05, 3.63) is 11.8 Å². The van der Waals surface area contributed by atoms with Crippen LogP contribution >= 0.6 is 0 Å². The number of rotatable bonds is 5. The number of halogens is 3. The highest BCUT2D eigenvalue weighted by Crippen LogP contribution is 2.32. The zero-order valence-electron chi connectivity index (χ0n) is 12.3. The van der Waals surface area contributed by atoms with Gasteiger partial charge in [-0.05, 0) is 31.6 Å². The van der Waals surface area contributed by atoms with Crippen molar-refractivity contribution in [1.29, 1.82) is 0 Å². The molecule has 2 atom stereocenters. The van der Waals surface area contributed by atoms with Crippen LogP contribution in [0, 0.1) is 11.8 Å². The van der Waals surface area contributed by atoms with Crippen molar-refractivity contribution in [3.8, 4) is 0 Å². The fraction of sp³-hybridized carbons (Fsp3) is 0.714. The molecule has 1 aliphatic rings. The van der Waals surface area contributed by atoms with Gasteiger partial charge in [0.1, 0.15) is 5.82 Å². The molecule has 1 aromatic heterocycles. The Balaban J connectivity index is 2.08. The molecule has 0 aromatic carbocycles. The zero-order chi connectivity index (χ0) is 15.5. The van der Waals surface area contributed by atoms with E-state index in [-0.39, 0.29) is 11.8 Å². The van der Waals surface area contributed by atoms with Crippen LogP contribution in [0.15, 0.2) is 6.07 Å². The van der Waals surface area contributed by atoms with E-state index in [9.17, 15) is 13.2 Å². The van der Waals surface area contributed by atoms with Crippen LogP contribution in [0.1, 0.15) is 38.8 Å². The quantitative estimate of drug-likeness (QED) is 0.869. The van der Waals surface area contributed by atoms with Gasteiger partial charge in [-0.2, -0.15) is 18.2 Å². The molecule has 0 bridgehead atoms. The molecule has 21 heavy (non-hydrogen) atoms. The van der Waals surface area contributed by atoms with Gasteiger partial charge in [0.05, 0.1) is 0 Å². The predicted molar refractivity (Wildman–Crippen MR) is 76.2 cm³/mol. The van der Waals surface area contributed by atoms with Crippen LogP contribution in [0.3, 0.4) is 0 Å². The molecule has 2 rings (SSSR count). The van der Waals surface area contributed by atoms with Crippen LogP contribution in [0.5, 0.6) is 0 Å². The van der Waals surface area contributed by atoms with Crippen LogP contribution < -0.4 is 10.6 Å². The smallest absolute Gasteiger partial charge is 0.370 e. The summed E-state index contributed by atoms with van der Waals surface area (Å²) in [6.07, 6.45) is -1.05. The highest BCUT2D eigenvalue weighted by atomic mass is 19.4. The van der Waals surface area contributed by atoms with Gasteiger partial charge in [0.2, 0.25) is 5.95 Å². The number of aromatic nitrogens is 2. The van der Waals surface area contributed by atoms with E-state index >= 15 is 0 Å². The van der Waals surface area contributed by atoms with E-state index in [0.29, 0.717) is 24.9 Å². The molecule has 0 saturated heterocycles. The van der Waals surface area contributed by atoms with Crippen molar-refractivity contribution in [2.24, 2.45) is 11.8 Å². The molecule has 1 aliphatic carbocycles. The SMILES string of the molecule is CCNc1nc(NCC2CCC(C)C2)cc(C(F)(F)F)n1. The number of anilines is 2. The first-order valence-electron chi connectivity index (χ1n) is 7.32. The fourth-order valence-corrected chi connectivity index (χ4v) is 2.68. The van der Waals surface area contributed by atoms with Gasteiger partial charge in [-0.3, -0.25) is 0 Å². The molecule has 118 valence electrons. The number of nitrogens with one attached hydrogen (secondary N) is 2. The molecule has 0 amide bonds. The Hall–Kier alpha value is -1.53. The summed E-state index contributed by atoms with van der Waals surface area (Å²) in [6, 6.07) is 0.971. The summed E-state index contributed by atoms with van der Waals surface area (Å²) >= 11 is 0. The molecule has 1 aromatic rings. The van der Waals surface area contributed by atoms with Gasteiger partial charge >= 0.3 is 6.18 Å². The molecule has 4 nitrogen and oxygen atoms in total. The normalized spacial score (nSPS) is 22.3. The van der Waals surface area contributed by atoms with Crippen molar-refractivity contribution >= 4 is 11.8 Å². The molecule has 1 saturated carbocycles. The third-order valence-corrected chi connectivity index (χ3v) is 3.73. The molecule has 1 fully saturated rings. The fourth-order valence-electron chi connectivity index (χ4n) is 2.68. The Morgan fingerprint density at radius 1 is 1.24 bits per heavy atom. The van der Waals surface area contributed by atoms with Crippen LogP contribution in [0.25, 0.3) is 0 Å². The van der Waals surface area contributed by atoms with Gasteiger partial charge in [0.25, 0.3) is 0 Å². The number of hydrogen-bond donors (Lipinski definition) is 2. The summed E-state index contributed by atoms with van der Waals surface area (Å²) in [4.78, 5) is 7.58. The molecule has 0 spiro atoms. The van der Waals surface area contributed by atoms with Crippen molar-refractivity contribution in [2.75, 3.05) is 23.7 Å². The molecular formula is C14H21F3N4. The summed E-state index contributed by atoms with van der Waals surface area (Å²) in [5, 5.41) is 5.76. The average Bonchev–Trinajstić information content (AvgIpc) is 2.81. The second-order valence-corrected chi connectivity index (χ2v) is 5.66. The zero-order valence-corrected chi connectivity index (χ0v) is 12.3. The second kappa shape index (κ2) is 6.49. The first kappa shape index (κ1) is 15.9. The Labute approximate surface area is 122 Å². The lowest BCUT2D eigenvalue weighted by atomic mass is 10.1. The monoisotopic (exact) mass is 302 g/mol. The Morgan fingerprint density at radius 2 is 2.00 bits per heavy atom. The van der Waals surface area contributed by atoms with Crippen molar-refractivity contribution in [2.45, 2.75) is 39.3 Å². The highest BCUT2D eigenvalue weighted by Gasteiger charge is 2.33. The van der Waals surface area contributed by atoms with Gasteiger partial charge in [-0.15, -0.1) is 0 Å². The van der Waals surface area contributed by atoms with E-state index in [2.05, 4.69) is 27.5 Å². The summed E-state index contributed by atoms with van der Waals surface area (Å²) in [5.74, 6) is 1.44. The molecule has 0 aliphatic heterocycles. The Morgan fingerprint density at radius 3 is 2.57 bits per heavy atom. The maximum atomic E-state index is 12.8. The Bertz CT molecular complexity index is 476. The third kappa shape index (κ3) is 4.47. The topological polar surface area (TPSA) is 49.8 Å². The Kier molecular flexibility index (Phi) is 4.90. The maximum absolute atomic E-state index is 12.8. The largest absolute Gasteiger partial charge is 0.433 e. The lowest BCUT2D eigenvalue weighted by Crippen LogP contribution is -2.16. The van der Waals surface area contributed by atoms with Crippen LogP contribution in [0.2, 0.25) is 0 Å². The minimum absolute atomic E-state index is 0.00890. The van der Waals surface area contributed by atoms with E-state index in [1.54, 1.807) is 6.92 Å². The van der Waals surface area contributed by atoms with E-state index in [1.807, 2.05) is 0 Å². The lowest BCUT2D eigenvalue weighted by Gasteiger charge is -2.14. The lowest BCUT2D eigenvalue weighted by molar-refractivity contribution is -0.141. The highest BCUT2D eigenvalue weighted by molar-refractivity contribution is 5.43. The maximum Gasteiger partial charge on any atom is 0.433 e. The summed E-state index contributed by atoms with van der Waals surface area (Å²) in [6.45, 7) is 5.12. The minimum atomic E-state index is -4.47. The molecule has 2 unspecified atom stereocenters. The number of hydrogen-bond acceptors (Lipinski definition) is 4. The number of alkyl halides is 3. The van der Waals surface area contributed by atoms with E-state index in [0.717, 1.165) is 18.9 Å². The van der Waals surface area contributed by atoms with Gasteiger partial charge in [0, 0.05) is 19.2 Å². The van der Waals surface area contributed by atoms with Gasteiger partial charge in [-0.1, -0.05) is 13.3 Å². The molecular weight excluding hydrogens is 281 g/mol. The summed E-state index contributed by atoms with van der Waals surface area (Å²) < 4.78 is 38.5. The summed E-state index contributed by atoms with van der Waals surface area (Å²) in [7, 11) is 0. The van der Waals surface area contributed by atoms with Crippen LogP contribution in [-0.4, -0.2) is 23.1 Å². The van der Waals surface area contributed by atoms with E-state index in [4.69, 9.17) is 0 Å². The van der Waals surface area contributed by atoms with E-state index < -0.39 is 11.9 Å². The van der Waals surface area contributed by atoms with Crippen LogP contribution in [0.4, 0.5) is 24.9 Å². The van der Waals surface area contributed by atoms with Crippen LogP contribution in [-0.2, 0) is 6.18 Å². The van der Waals surface area contributed by atoms with Gasteiger partial charge < -0.3 is 10.6 Å². The summed E-state index contributed by atoms with van der Waals surface area (Å²) in [5.41, 5.74) is -0.921. The first-order chi connectivity index (χ1) is 9.88.